The maximum atomic E-state index is 12.9. The predicted octanol–water partition coefficient (Wildman–Crippen LogP) is 1.98. The molecule has 2 heterocycles. The molecule has 1 aromatic rings. The highest BCUT2D eigenvalue weighted by atomic mass is 19.1. The Morgan fingerprint density at radius 3 is 2.90 bits per heavy atom. The van der Waals surface area contributed by atoms with Gasteiger partial charge in [-0.2, -0.15) is 0 Å². The number of halogens is 1. The molecular weight excluding hydrogens is 257 g/mol. The summed E-state index contributed by atoms with van der Waals surface area (Å²) in [5.41, 5.74) is 0.887. The van der Waals surface area contributed by atoms with E-state index in [1.54, 1.807) is 6.07 Å². The smallest absolute Gasteiger partial charge is 0.141 e. The van der Waals surface area contributed by atoms with Crippen molar-refractivity contribution in [3.8, 4) is 0 Å². The molecule has 0 saturated carbocycles. The van der Waals surface area contributed by atoms with Crippen molar-refractivity contribution in [3.05, 3.63) is 29.8 Å². The van der Waals surface area contributed by atoms with E-state index in [0.29, 0.717) is 12.1 Å². The molecule has 5 heteroatoms. The van der Waals surface area contributed by atoms with E-state index < -0.39 is 0 Å². The number of pyridine rings is 1. The SMILES string of the molecule is CNC(CCN(C)C1CCOC1C)c1ccc(F)cn1. The Morgan fingerprint density at radius 1 is 1.55 bits per heavy atom. The number of hydrogen-bond acceptors (Lipinski definition) is 4. The standard InChI is InChI=1S/C15H24FN3O/c1-11-15(7-9-20-11)19(3)8-6-13(17-2)14-5-4-12(16)10-18-14/h4-5,10-11,13,15,17H,6-9H2,1-3H3. The monoisotopic (exact) mass is 281 g/mol. The predicted molar refractivity (Wildman–Crippen MR) is 77.1 cm³/mol. The molecule has 1 N–H and O–H groups in total. The fourth-order valence-corrected chi connectivity index (χ4v) is 2.83. The van der Waals surface area contributed by atoms with Crippen LogP contribution >= 0.6 is 0 Å². The minimum absolute atomic E-state index is 0.149. The maximum Gasteiger partial charge on any atom is 0.141 e. The van der Waals surface area contributed by atoms with Crippen LogP contribution < -0.4 is 5.32 Å². The van der Waals surface area contributed by atoms with Gasteiger partial charge in [0.15, 0.2) is 0 Å². The lowest BCUT2D eigenvalue weighted by Crippen LogP contribution is -2.38. The van der Waals surface area contributed by atoms with Crippen LogP contribution in [0.15, 0.2) is 18.3 Å². The zero-order valence-corrected chi connectivity index (χ0v) is 12.5. The quantitative estimate of drug-likeness (QED) is 0.865. The molecular formula is C15H24FN3O. The lowest BCUT2D eigenvalue weighted by Gasteiger charge is -2.28. The summed E-state index contributed by atoms with van der Waals surface area (Å²) in [6.07, 6.45) is 3.61. The Morgan fingerprint density at radius 2 is 2.35 bits per heavy atom. The molecule has 2 rings (SSSR count). The summed E-state index contributed by atoms with van der Waals surface area (Å²) in [6, 6.07) is 3.85. The zero-order chi connectivity index (χ0) is 14.5. The lowest BCUT2D eigenvalue weighted by molar-refractivity contribution is 0.0824. The van der Waals surface area contributed by atoms with E-state index in [1.165, 1.54) is 12.3 Å². The second-order valence-corrected chi connectivity index (χ2v) is 5.44. The first kappa shape index (κ1) is 15.4. The van der Waals surface area contributed by atoms with E-state index in [-0.39, 0.29) is 11.9 Å². The van der Waals surface area contributed by atoms with Crippen LogP contribution in [0.3, 0.4) is 0 Å². The maximum absolute atomic E-state index is 12.9. The summed E-state index contributed by atoms with van der Waals surface area (Å²) in [5, 5.41) is 3.25. The molecule has 0 amide bonds. The third-order valence-electron chi connectivity index (χ3n) is 4.13. The Labute approximate surface area is 120 Å². The van der Waals surface area contributed by atoms with Crippen LogP contribution in [0.4, 0.5) is 4.39 Å². The molecule has 0 bridgehead atoms. The van der Waals surface area contributed by atoms with Gasteiger partial charge in [-0.25, -0.2) is 4.39 Å². The van der Waals surface area contributed by atoms with Crippen LogP contribution in [-0.2, 0) is 4.74 Å². The van der Waals surface area contributed by atoms with E-state index in [1.807, 2.05) is 7.05 Å². The Kier molecular flexibility index (Phi) is 5.46. The number of aromatic nitrogens is 1. The zero-order valence-electron chi connectivity index (χ0n) is 12.5. The molecule has 3 unspecified atom stereocenters. The molecule has 1 aliphatic rings. The molecule has 0 radical (unpaired) electrons. The van der Waals surface area contributed by atoms with Crippen LogP contribution in [0.5, 0.6) is 0 Å². The Hall–Kier alpha value is -1.04. The third kappa shape index (κ3) is 3.75. The normalized spacial score (nSPS) is 24.2. The number of rotatable bonds is 6. The number of nitrogens with zero attached hydrogens (tertiary/aromatic N) is 2. The summed E-state index contributed by atoms with van der Waals surface area (Å²) < 4.78 is 18.5. The topological polar surface area (TPSA) is 37.4 Å². The van der Waals surface area contributed by atoms with E-state index in [9.17, 15) is 4.39 Å². The van der Waals surface area contributed by atoms with Gasteiger partial charge in [-0.1, -0.05) is 0 Å². The Balaban J connectivity index is 1.88. The molecule has 0 aliphatic carbocycles. The molecule has 1 saturated heterocycles. The van der Waals surface area contributed by atoms with Crippen molar-refractivity contribution < 1.29 is 9.13 Å². The first-order chi connectivity index (χ1) is 9.61. The third-order valence-corrected chi connectivity index (χ3v) is 4.13. The largest absolute Gasteiger partial charge is 0.377 e. The fraction of sp³-hybridized carbons (Fsp3) is 0.667. The number of hydrogen-bond donors (Lipinski definition) is 1. The highest BCUT2D eigenvalue weighted by molar-refractivity contribution is 5.09. The molecule has 1 aliphatic heterocycles. The van der Waals surface area contributed by atoms with Gasteiger partial charge >= 0.3 is 0 Å². The molecule has 0 aromatic carbocycles. The van der Waals surface area contributed by atoms with Crippen molar-refractivity contribution in [3.63, 3.8) is 0 Å². The van der Waals surface area contributed by atoms with Gasteiger partial charge < -0.3 is 15.0 Å². The highest BCUT2D eigenvalue weighted by Crippen LogP contribution is 2.20. The summed E-state index contributed by atoms with van der Waals surface area (Å²) in [6.45, 7) is 3.94. The van der Waals surface area contributed by atoms with Gasteiger partial charge in [0.05, 0.1) is 24.0 Å². The van der Waals surface area contributed by atoms with Crippen molar-refractivity contribution in [1.82, 2.24) is 15.2 Å². The van der Waals surface area contributed by atoms with Crippen molar-refractivity contribution >= 4 is 0 Å². The summed E-state index contributed by atoms with van der Waals surface area (Å²) in [5.74, 6) is -0.294. The van der Waals surface area contributed by atoms with E-state index in [4.69, 9.17) is 4.74 Å². The van der Waals surface area contributed by atoms with Crippen molar-refractivity contribution in [1.29, 1.82) is 0 Å². The summed E-state index contributed by atoms with van der Waals surface area (Å²) in [4.78, 5) is 6.51. The Bertz CT molecular complexity index is 412. The average Bonchev–Trinajstić information content (AvgIpc) is 2.87. The van der Waals surface area contributed by atoms with Crippen molar-refractivity contribution in [2.45, 2.75) is 38.0 Å². The second-order valence-electron chi connectivity index (χ2n) is 5.44. The van der Waals surface area contributed by atoms with E-state index >= 15 is 0 Å². The molecule has 4 nitrogen and oxygen atoms in total. The van der Waals surface area contributed by atoms with Gasteiger partial charge in [0.2, 0.25) is 0 Å². The molecule has 3 atom stereocenters. The first-order valence-electron chi connectivity index (χ1n) is 7.22. The van der Waals surface area contributed by atoms with Crippen LogP contribution in [0.25, 0.3) is 0 Å². The molecule has 0 spiro atoms. The second kappa shape index (κ2) is 7.11. The first-order valence-corrected chi connectivity index (χ1v) is 7.22. The van der Waals surface area contributed by atoms with Gasteiger partial charge in [0, 0.05) is 19.2 Å². The van der Waals surface area contributed by atoms with Crippen LogP contribution in [0.2, 0.25) is 0 Å². The van der Waals surface area contributed by atoms with Crippen LogP contribution in [-0.4, -0.2) is 49.3 Å². The van der Waals surface area contributed by atoms with Gasteiger partial charge in [-0.3, -0.25) is 4.98 Å². The van der Waals surface area contributed by atoms with Crippen LogP contribution in [0, 0.1) is 5.82 Å². The number of likely N-dealkylation sites (N-methyl/N-ethyl adjacent to an activating group) is 1. The summed E-state index contributed by atoms with van der Waals surface area (Å²) in [7, 11) is 4.05. The molecule has 112 valence electrons. The van der Waals surface area contributed by atoms with Gasteiger partial charge in [0.1, 0.15) is 5.82 Å². The lowest BCUT2D eigenvalue weighted by atomic mass is 10.1. The minimum atomic E-state index is -0.294. The fourth-order valence-electron chi connectivity index (χ4n) is 2.83. The van der Waals surface area contributed by atoms with Gasteiger partial charge in [-0.05, 0) is 46.0 Å². The van der Waals surface area contributed by atoms with Crippen LogP contribution in [0.1, 0.15) is 31.5 Å². The average molecular weight is 281 g/mol. The molecule has 1 fully saturated rings. The van der Waals surface area contributed by atoms with Crippen molar-refractivity contribution in [2.75, 3.05) is 27.2 Å². The molecule has 1 aromatic heterocycles. The number of nitrogens with one attached hydrogen (secondary N) is 1. The van der Waals surface area contributed by atoms with E-state index in [2.05, 4.69) is 29.2 Å². The molecule has 20 heavy (non-hydrogen) atoms. The van der Waals surface area contributed by atoms with Crippen molar-refractivity contribution in [2.24, 2.45) is 0 Å². The number of ether oxygens (including phenoxy) is 1. The summed E-state index contributed by atoms with van der Waals surface area (Å²) >= 11 is 0. The van der Waals surface area contributed by atoms with Gasteiger partial charge in [0.25, 0.3) is 0 Å². The van der Waals surface area contributed by atoms with E-state index in [0.717, 1.165) is 31.7 Å². The minimum Gasteiger partial charge on any atom is -0.377 e. The van der Waals surface area contributed by atoms with Gasteiger partial charge in [-0.15, -0.1) is 0 Å². The highest BCUT2D eigenvalue weighted by Gasteiger charge is 2.28.